The van der Waals surface area contributed by atoms with Crippen LogP contribution in [0, 0.1) is 0 Å². The molecule has 0 amide bonds. The number of hydrogen-bond acceptors (Lipinski definition) is 3. The summed E-state index contributed by atoms with van der Waals surface area (Å²) in [6.07, 6.45) is 5.49. The van der Waals surface area contributed by atoms with E-state index in [0.29, 0.717) is 6.04 Å². The third kappa shape index (κ3) is 3.17. The molecule has 0 saturated carbocycles. The molecule has 0 saturated heterocycles. The van der Waals surface area contributed by atoms with Gasteiger partial charge >= 0.3 is 0 Å². The van der Waals surface area contributed by atoms with Crippen molar-refractivity contribution in [3.8, 4) is 11.3 Å². The minimum Gasteiger partial charge on any atom is -0.306 e. The SMILES string of the molecule is CC(NCc1cn[nH]c1-c1cccnc1)c1ccccc1. The molecule has 2 N–H and O–H groups in total. The average molecular weight is 278 g/mol. The molecule has 2 heterocycles. The van der Waals surface area contributed by atoms with Gasteiger partial charge < -0.3 is 5.32 Å². The van der Waals surface area contributed by atoms with Crippen LogP contribution in [0.1, 0.15) is 24.1 Å². The first-order valence-corrected chi connectivity index (χ1v) is 7.05. The van der Waals surface area contributed by atoms with Crippen LogP contribution in [0.15, 0.2) is 61.1 Å². The molecule has 0 aliphatic rings. The van der Waals surface area contributed by atoms with E-state index in [4.69, 9.17) is 0 Å². The summed E-state index contributed by atoms with van der Waals surface area (Å²) in [5.41, 5.74) is 4.50. The van der Waals surface area contributed by atoms with Crippen LogP contribution in [-0.2, 0) is 6.54 Å². The Labute approximate surface area is 124 Å². The van der Waals surface area contributed by atoms with Crippen molar-refractivity contribution in [2.75, 3.05) is 0 Å². The summed E-state index contributed by atoms with van der Waals surface area (Å²) in [7, 11) is 0. The molecule has 1 aromatic carbocycles. The van der Waals surface area contributed by atoms with Crippen molar-refractivity contribution < 1.29 is 0 Å². The molecule has 4 heteroatoms. The molecule has 1 atom stereocenters. The molecule has 21 heavy (non-hydrogen) atoms. The molecule has 4 nitrogen and oxygen atoms in total. The fourth-order valence-electron chi connectivity index (χ4n) is 2.33. The summed E-state index contributed by atoms with van der Waals surface area (Å²) >= 11 is 0. The zero-order valence-electron chi connectivity index (χ0n) is 12.0. The number of benzene rings is 1. The molecule has 106 valence electrons. The zero-order valence-corrected chi connectivity index (χ0v) is 12.0. The maximum absolute atomic E-state index is 4.16. The van der Waals surface area contributed by atoms with Gasteiger partial charge in [0.2, 0.25) is 0 Å². The van der Waals surface area contributed by atoms with Crippen LogP contribution in [0.4, 0.5) is 0 Å². The second-order valence-electron chi connectivity index (χ2n) is 5.03. The van der Waals surface area contributed by atoms with Gasteiger partial charge in [-0.1, -0.05) is 30.3 Å². The molecule has 2 aromatic heterocycles. The highest BCUT2D eigenvalue weighted by atomic mass is 15.1. The first-order chi connectivity index (χ1) is 10.3. The maximum atomic E-state index is 4.16. The van der Waals surface area contributed by atoms with Crippen molar-refractivity contribution in [2.45, 2.75) is 19.5 Å². The molecule has 3 aromatic rings. The molecule has 3 rings (SSSR count). The lowest BCUT2D eigenvalue weighted by Crippen LogP contribution is -2.18. The van der Waals surface area contributed by atoms with Crippen molar-refractivity contribution in [3.05, 3.63) is 72.2 Å². The van der Waals surface area contributed by atoms with E-state index in [9.17, 15) is 0 Å². The Morgan fingerprint density at radius 3 is 2.71 bits per heavy atom. The van der Waals surface area contributed by atoms with Gasteiger partial charge in [-0.15, -0.1) is 0 Å². The highest BCUT2D eigenvalue weighted by Gasteiger charge is 2.10. The highest BCUT2D eigenvalue weighted by Crippen LogP contribution is 2.20. The molecular formula is C17H18N4. The van der Waals surface area contributed by atoms with Gasteiger partial charge in [-0.25, -0.2) is 0 Å². The second-order valence-corrected chi connectivity index (χ2v) is 5.03. The third-order valence-corrected chi connectivity index (χ3v) is 3.57. The molecule has 0 radical (unpaired) electrons. The van der Waals surface area contributed by atoms with Crippen molar-refractivity contribution in [2.24, 2.45) is 0 Å². The van der Waals surface area contributed by atoms with E-state index >= 15 is 0 Å². The molecule has 1 unspecified atom stereocenters. The van der Waals surface area contributed by atoms with E-state index in [1.807, 2.05) is 30.6 Å². The Morgan fingerprint density at radius 1 is 1.10 bits per heavy atom. The minimum absolute atomic E-state index is 0.294. The van der Waals surface area contributed by atoms with Crippen LogP contribution in [0.2, 0.25) is 0 Å². The Bertz CT molecular complexity index is 676. The van der Waals surface area contributed by atoms with Gasteiger partial charge in [0.1, 0.15) is 0 Å². The monoisotopic (exact) mass is 278 g/mol. The number of H-pyrrole nitrogens is 1. The standard InChI is InChI=1S/C17H18N4/c1-13(14-6-3-2-4-7-14)19-11-16-12-20-21-17(16)15-8-5-9-18-10-15/h2-10,12-13,19H,11H2,1H3,(H,20,21). The Hall–Kier alpha value is -2.46. The normalized spacial score (nSPS) is 12.2. The molecule has 0 fully saturated rings. The van der Waals surface area contributed by atoms with Crippen LogP contribution >= 0.6 is 0 Å². The predicted molar refractivity (Wildman–Crippen MR) is 83.5 cm³/mol. The Balaban J connectivity index is 1.71. The lowest BCUT2D eigenvalue weighted by atomic mass is 10.1. The van der Waals surface area contributed by atoms with E-state index in [-0.39, 0.29) is 0 Å². The Kier molecular flexibility index (Phi) is 4.07. The number of rotatable bonds is 5. The number of nitrogens with one attached hydrogen (secondary N) is 2. The summed E-state index contributed by atoms with van der Waals surface area (Å²) in [5.74, 6) is 0. The summed E-state index contributed by atoms with van der Waals surface area (Å²) in [6.45, 7) is 2.93. The highest BCUT2D eigenvalue weighted by molar-refractivity contribution is 5.61. The lowest BCUT2D eigenvalue weighted by Gasteiger charge is -2.14. The summed E-state index contributed by atoms with van der Waals surface area (Å²) in [4.78, 5) is 4.16. The van der Waals surface area contributed by atoms with Crippen molar-refractivity contribution in [3.63, 3.8) is 0 Å². The summed E-state index contributed by atoms with van der Waals surface area (Å²) in [5, 5.41) is 10.7. The first kappa shape index (κ1) is 13.5. The fourth-order valence-corrected chi connectivity index (χ4v) is 2.33. The number of aromatic nitrogens is 3. The van der Waals surface area contributed by atoms with Gasteiger partial charge in [0.05, 0.1) is 11.9 Å². The van der Waals surface area contributed by atoms with Crippen LogP contribution in [-0.4, -0.2) is 15.2 Å². The van der Waals surface area contributed by atoms with Gasteiger partial charge in [-0.3, -0.25) is 10.1 Å². The van der Waals surface area contributed by atoms with Gasteiger partial charge in [0, 0.05) is 36.1 Å². The second kappa shape index (κ2) is 6.33. The summed E-state index contributed by atoms with van der Waals surface area (Å²) < 4.78 is 0. The number of nitrogens with zero attached hydrogens (tertiary/aromatic N) is 2. The van der Waals surface area contributed by atoms with Gasteiger partial charge in [-0.2, -0.15) is 5.10 Å². The molecule has 0 bridgehead atoms. The van der Waals surface area contributed by atoms with Crippen LogP contribution < -0.4 is 5.32 Å². The Morgan fingerprint density at radius 2 is 1.95 bits per heavy atom. The lowest BCUT2D eigenvalue weighted by molar-refractivity contribution is 0.575. The van der Waals surface area contributed by atoms with Gasteiger partial charge in [0.15, 0.2) is 0 Å². The fraction of sp³-hybridized carbons (Fsp3) is 0.176. The largest absolute Gasteiger partial charge is 0.306 e. The van der Waals surface area contributed by atoms with Gasteiger partial charge in [-0.05, 0) is 24.6 Å². The van der Waals surface area contributed by atoms with E-state index in [1.54, 1.807) is 6.20 Å². The third-order valence-electron chi connectivity index (χ3n) is 3.57. The van der Waals surface area contributed by atoms with Crippen LogP contribution in [0.3, 0.4) is 0 Å². The first-order valence-electron chi connectivity index (χ1n) is 7.05. The molecule has 0 aliphatic heterocycles. The van der Waals surface area contributed by atoms with E-state index in [0.717, 1.165) is 23.4 Å². The number of aromatic amines is 1. The number of hydrogen-bond donors (Lipinski definition) is 2. The maximum Gasteiger partial charge on any atom is 0.0710 e. The summed E-state index contributed by atoms with van der Waals surface area (Å²) in [6, 6.07) is 14.7. The van der Waals surface area contributed by atoms with Crippen LogP contribution in [0.5, 0.6) is 0 Å². The van der Waals surface area contributed by atoms with Crippen molar-refractivity contribution in [1.82, 2.24) is 20.5 Å². The quantitative estimate of drug-likeness (QED) is 0.752. The van der Waals surface area contributed by atoms with Gasteiger partial charge in [0.25, 0.3) is 0 Å². The van der Waals surface area contributed by atoms with Crippen LogP contribution in [0.25, 0.3) is 11.3 Å². The average Bonchev–Trinajstić information content (AvgIpc) is 3.03. The van der Waals surface area contributed by atoms with Crippen molar-refractivity contribution in [1.29, 1.82) is 0 Å². The van der Waals surface area contributed by atoms with Crippen molar-refractivity contribution >= 4 is 0 Å². The topological polar surface area (TPSA) is 53.6 Å². The molecule has 0 spiro atoms. The minimum atomic E-state index is 0.294. The van der Waals surface area contributed by atoms with E-state index in [2.05, 4.69) is 51.7 Å². The zero-order chi connectivity index (χ0) is 14.5. The number of pyridine rings is 1. The molecule has 0 aliphatic carbocycles. The van der Waals surface area contributed by atoms with E-state index in [1.165, 1.54) is 5.56 Å². The smallest absolute Gasteiger partial charge is 0.0710 e. The predicted octanol–water partition coefficient (Wildman–Crippen LogP) is 3.32. The van der Waals surface area contributed by atoms with E-state index < -0.39 is 0 Å². The molecular weight excluding hydrogens is 260 g/mol.